The van der Waals surface area contributed by atoms with Crippen LogP contribution >= 0.6 is 31.9 Å². The summed E-state index contributed by atoms with van der Waals surface area (Å²) in [4.78, 5) is 0.135. The van der Waals surface area contributed by atoms with E-state index in [0.717, 1.165) is 16.0 Å². The number of aryl methyl sites for hydroxylation is 1. The Bertz CT molecular complexity index is 611. The van der Waals surface area contributed by atoms with Gasteiger partial charge in [0.05, 0.1) is 23.5 Å². The van der Waals surface area contributed by atoms with Gasteiger partial charge in [-0.25, -0.2) is 0 Å². The van der Waals surface area contributed by atoms with Crippen LogP contribution in [0.3, 0.4) is 0 Å². The van der Waals surface area contributed by atoms with E-state index in [9.17, 15) is 0 Å². The SMILES string of the molecule is COc1ccc(C(Br)c2ccc(OC)c(Br)c2)c(C)c1. The molecule has 2 nitrogen and oxygen atoms in total. The van der Waals surface area contributed by atoms with Gasteiger partial charge in [0.2, 0.25) is 0 Å². The van der Waals surface area contributed by atoms with Crippen LogP contribution in [0.5, 0.6) is 11.5 Å². The molecule has 106 valence electrons. The van der Waals surface area contributed by atoms with Crippen molar-refractivity contribution >= 4 is 31.9 Å². The lowest BCUT2D eigenvalue weighted by Crippen LogP contribution is -1.97. The Balaban J connectivity index is 2.35. The third-order valence-corrected chi connectivity index (χ3v) is 4.86. The fraction of sp³-hybridized carbons (Fsp3) is 0.250. The third kappa shape index (κ3) is 3.18. The van der Waals surface area contributed by atoms with Gasteiger partial charge in [0.15, 0.2) is 0 Å². The summed E-state index contributed by atoms with van der Waals surface area (Å²) in [5.74, 6) is 1.71. The number of benzene rings is 2. The van der Waals surface area contributed by atoms with Crippen LogP contribution in [-0.4, -0.2) is 14.2 Å². The Morgan fingerprint density at radius 1 is 1.00 bits per heavy atom. The molecule has 0 saturated carbocycles. The first kappa shape index (κ1) is 15.4. The van der Waals surface area contributed by atoms with E-state index in [-0.39, 0.29) is 4.83 Å². The van der Waals surface area contributed by atoms with Crippen LogP contribution in [0.2, 0.25) is 0 Å². The van der Waals surface area contributed by atoms with E-state index < -0.39 is 0 Å². The summed E-state index contributed by atoms with van der Waals surface area (Å²) in [5.41, 5.74) is 3.59. The maximum Gasteiger partial charge on any atom is 0.133 e. The lowest BCUT2D eigenvalue weighted by atomic mass is 10.00. The smallest absolute Gasteiger partial charge is 0.133 e. The molecule has 0 N–H and O–H groups in total. The lowest BCUT2D eigenvalue weighted by molar-refractivity contribution is 0.412. The monoisotopic (exact) mass is 398 g/mol. The number of ether oxygens (including phenoxy) is 2. The van der Waals surface area contributed by atoms with E-state index in [2.05, 4.69) is 57.0 Å². The molecule has 2 rings (SSSR count). The van der Waals surface area contributed by atoms with Gasteiger partial charge < -0.3 is 9.47 Å². The normalized spacial score (nSPS) is 12.1. The van der Waals surface area contributed by atoms with Crippen LogP contribution < -0.4 is 9.47 Å². The van der Waals surface area contributed by atoms with Crippen molar-refractivity contribution in [2.75, 3.05) is 14.2 Å². The second-order valence-electron chi connectivity index (χ2n) is 4.48. The van der Waals surface area contributed by atoms with E-state index >= 15 is 0 Å². The average Bonchev–Trinajstić information content (AvgIpc) is 2.46. The molecule has 0 spiro atoms. The Morgan fingerprint density at radius 3 is 2.30 bits per heavy atom. The van der Waals surface area contributed by atoms with Crippen molar-refractivity contribution in [2.45, 2.75) is 11.8 Å². The van der Waals surface area contributed by atoms with Crippen LogP contribution in [0, 0.1) is 6.92 Å². The molecule has 1 unspecified atom stereocenters. The molecule has 0 aliphatic carbocycles. The summed E-state index contributed by atoms with van der Waals surface area (Å²) in [5, 5.41) is 0. The molecule has 0 aliphatic heterocycles. The van der Waals surface area contributed by atoms with Crippen LogP contribution in [0.1, 0.15) is 21.5 Å². The molecule has 0 aliphatic rings. The lowest BCUT2D eigenvalue weighted by Gasteiger charge is -2.16. The van der Waals surface area contributed by atoms with E-state index in [0.29, 0.717) is 0 Å². The van der Waals surface area contributed by atoms with Crippen molar-refractivity contribution in [3.63, 3.8) is 0 Å². The van der Waals surface area contributed by atoms with E-state index in [1.807, 2.05) is 18.2 Å². The van der Waals surface area contributed by atoms with Crippen molar-refractivity contribution in [3.05, 3.63) is 57.6 Å². The number of halogens is 2. The van der Waals surface area contributed by atoms with Gasteiger partial charge >= 0.3 is 0 Å². The first-order valence-electron chi connectivity index (χ1n) is 6.19. The standard InChI is InChI=1S/C16H16Br2O2/c1-10-8-12(19-2)5-6-13(10)16(18)11-4-7-15(20-3)14(17)9-11/h4-9,16H,1-3H3. The molecule has 0 fully saturated rings. The average molecular weight is 400 g/mol. The van der Waals surface area contributed by atoms with Gasteiger partial charge in [-0.1, -0.05) is 28.1 Å². The minimum atomic E-state index is 0.135. The van der Waals surface area contributed by atoms with Crippen LogP contribution in [0.15, 0.2) is 40.9 Å². The topological polar surface area (TPSA) is 18.5 Å². The van der Waals surface area contributed by atoms with E-state index in [1.165, 1.54) is 16.7 Å². The summed E-state index contributed by atoms with van der Waals surface area (Å²) in [7, 11) is 3.35. The van der Waals surface area contributed by atoms with Crippen molar-refractivity contribution < 1.29 is 9.47 Å². The summed E-state index contributed by atoms with van der Waals surface area (Å²) in [6.45, 7) is 2.09. The van der Waals surface area contributed by atoms with Gasteiger partial charge in [0, 0.05) is 0 Å². The Hall–Kier alpha value is -1.00. The zero-order valence-electron chi connectivity index (χ0n) is 11.6. The highest BCUT2D eigenvalue weighted by atomic mass is 79.9. The highest BCUT2D eigenvalue weighted by Crippen LogP contribution is 2.37. The molecule has 0 amide bonds. The fourth-order valence-electron chi connectivity index (χ4n) is 2.08. The summed E-state index contributed by atoms with van der Waals surface area (Å²) in [6, 6.07) is 12.2. The van der Waals surface area contributed by atoms with Gasteiger partial charge in [-0.05, 0) is 63.8 Å². The number of hydrogen-bond acceptors (Lipinski definition) is 2. The zero-order chi connectivity index (χ0) is 14.7. The third-order valence-electron chi connectivity index (χ3n) is 3.22. The van der Waals surface area contributed by atoms with Crippen LogP contribution in [0.4, 0.5) is 0 Å². The molecule has 4 heteroatoms. The van der Waals surface area contributed by atoms with Crippen molar-refractivity contribution in [2.24, 2.45) is 0 Å². The second kappa shape index (κ2) is 6.64. The van der Waals surface area contributed by atoms with Crippen LogP contribution in [0.25, 0.3) is 0 Å². The van der Waals surface area contributed by atoms with Crippen molar-refractivity contribution in [3.8, 4) is 11.5 Å². The first-order valence-corrected chi connectivity index (χ1v) is 7.89. The van der Waals surface area contributed by atoms with Crippen LogP contribution in [-0.2, 0) is 0 Å². The molecule has 0 aromatic heterocycles. The highest BCUT2D eigenvalue weighted by molar-refractivity contribution is 9.10. The van der Waals surface area contributed by atoms with Gasteiger partial charge in [0.1, 0.15) is 11.5 Å². The Morgan fingerprint density at radius 2 is 1.75 bits per heavy atom. The minimum Gasteiger partial charge on any atom is -0.497 e. The summed E-state index contributed by atoms with van der Waals surface area (Å²) < 4.78 is 11.5. The molecule has 0 heterocycles. The van der Waals surface area contributed by atoms with Crippen molar-refractivity contribution in [1.82, 2.24) is 0 Å². The minimum absolute atomic E-state index is 0.135. The maximum absolute atomic E-state index is 5.26. The molecule has 1 atom stereocenters. The number of hydrogen-bond donors (Lipinski definition) is 0. The largest absolute Gasteiger partial charge is 0.497 e. The molecule has 20 heavy (non-hydrogen) atoms. The first-order chi connectivity index (χ1) is 9.56. The van der Waals surface area contributed by atoms with Gasteiger partial charge in [0.25, 0.3) is 0 Å². The molecule has 0 bridgehead atoms. The summed E-state index contributed by atoms with van der Waals surface area (Å²) >= 11 is 7.29. The predicted octanol–water partition coefficient (Wildman–Crippen LogP) is 5.26. The zero-order valence-corrected chi connectivity index (χ0v) is 14.8. The highest BCUT2D eigenvalue weighted by Gasteiger charge is 2.14. The van der Waals surface area contributed by atoms with Gasteiger partial charge in [-0.2, -0.15) is 0 Å². The predicted molar refractivity (Wildman–Crippen MR) is 89.2 cm³/mol. The maximum atomic E-state index is 5.26. The molecule has 2 aromatic carbocycles. The number of methoxy groups -OCH3 is 2. The molecule has 0 radical (unpaired) electrons. The quantitative estimate of drug-likeness (QED) is 0.653. The molecular formula is C16H16Br2O2. The molecular weight excluding hydrogens is 384 g/mol. The van der Waals surface area contributed by atoms with Gasteiger partial charge in [-0.3, -0.25) is 0 Å². The Kier molecular flexibility index (Phi) is 5.11. The number of alkyl halides is 1. The second-order valence-corrected chi connectivity index (χ2v) is 6.25. The fourth-order valence-corrected chi connectivity index (χ4v) is 3.44. The van der Waals surface area contributed by atoms with Crippen molar-refractivity contribution in [1.29, 1.82) is 0 Å². The van der Waals surface area contributed by atoms with E-state index in [1.54, 1.807) is 14.2 Å². The Labute approximate surface area is 136 Å². The number of rotatable bonds is 4. The van der Waals surface area contributed by atoms with Gasteiger partial charge in [-0.15, -0.1) is 0 Å². The molecule has 2 aromatic rings. The summed E-state index contributed by atoms with van der Waals surface area (Å²) in [6.07, 6.45) is 0. The molecule has 0 saturated heterocycles. The van der Waals surface area contributed by atoms with E-state index in [4.69, 9.17) is 9.47 Å².